The van der Waals surface area contributed by atoms with E-state index in [1.807, 2.05) is 0 Å². The molecule has 0 bridgehead atoms. The molecule has 0 aromatic heterocycles. The SMILES string of the molecule is O=CC1C(O)OCCN1Cc1ccccc1[N+](=O)[O-]. The summed E-state index contributed by atoms with van der Waals surface area (Å²) in [5.41, 5.74) is 0.515. The van der Waals surface area contributed by atoms with Crippen LogP contribution in [-0.2, 0) is 16.1 Å². The van der Waals surface area contributed by atoms with Crippen LogP contribution in [0.1, 0.15) is 5.56 Å². The van der Waals surface area contributed by atoms with Crippen LogP contribution in [0, 0.1) is 10.1 Å². The minimum absolute atomic E-state index is 0.00753. The second-order valence-corrected chi connectivity index (χ2v) is 4.24. The zero-order valence-electron chi connectivity index (χ0n) is 10.1. The van der Waals surface area contributed by atoms with Gasteiger partial charge >= 0.3 is 0 Å². The monoisotopic (exact) mass is 266 g/mol. The van der Waals surface area contributed by atoms with Crippen LogP contribution in [0.15, 0.2) is 24.3 Å². The maximum absolute atomic E-state index is 11.0. The van der Waals surface area contributed by atoms with Crippen molar-refractivity contribution in [2.24, 2.45) is 0 Å². The van der Waals surface area contributed by atoms with Crippen LogP contribution in [0.4, 0.5) is 5.69 Å². The highest BCUT2D eigenvalue weighted by Gasteiger charge is 2.31. The fraction of sp³-hybridized carbons (Fsp3) is 0.417. The van der Waals surface area contributed by atoms with E-state index in [0.717, 1.165) is 0 Å². The van der Waals surface area contributed by atoms with Crippen LogP contribution in [0.5, 0.6) is 0 Å². The lowest BCUT2D eigenvalue weighted by Gasteiger charge is -2.35. The second-order valence-electron chi connectivity index (χ2n) is 4.24. The van der Waals surface area contributed by atoms with E-state index in [2.05, 4.69) is 0 Å². The Labute approximate surface area is 109 Å². The number of ether oxygens (including phenoxy) is 1. The van der Waals surface area contributed by atoms with Gasteiger partial charge in [0.25, 0.3) is 5.69 Å². The van der Waals surface area contributed by atoms with Gasteiger partial charge < -0.3 is 14.6 Å². The predicted molar refractivity (Wildman–Crippen MR) is 65.3 cm³/mol. The molecule has 1 saturated heterocycles. The first kappa shape index (κ1) is 13.6. The summed E-state index contributed by atoms with van der Waals surface area (Å²) < 4.78 is 4.98. The van der Waals surface area contributed by atoms with E-state index in [4.69, 9.17) is 4.74 Å². The molecule has 2 atom stereocenters. The number of nitrogens with zero attached hydrogens (tertiary/aromatic N) is 2. The zero-order chi connectivity index (χ0) is 13.8. The van der Waals surface area contributed by atoms with Crippen LogP contribution in [-0.4, -0.2) is 46.7 Å². The van der Waals surface area contributed by atoms with Gasteiger partial charge in [0.15, 0.2) is 6.29 Å². The molecule has 0 radical (unpaired) electrons. The van der Waals surface area contributed by atoms with E-state index < -0.39 is 17.3 Å². The molecule has 7 heteroatoms. The largest absolute Gasteiger partial charge is 0.366 e. The first-order valence-electron chi connectivity index (χ1n) is 5.85. The van der Waals surface area contributed by atoms with E-state index >= 15 is 0 Å². The standard InChI is InChI=1S/C12H14N2O5/c15-8-11-12(16)19-6-5-13(11)7-9-3-1-2-4-10(9)14(17)18/h1-4,8,11-12,16H,5-7H2. The summed E-state index contributed by atoms with van der Waals surface area (Å²) in [6.07, 6.45) is -0.590. The van der Waals surface area contributed by atoms with Gasteiger partial charge in [-0.25, -0.2) is 0 Å². The molecule has 7 nitrogen and oxygen atoms in total. The summed E-state index contributed by atoms with van der Waals surface area (Å²) in [5.74, 6) is 0. The van der Waals surface area contributed by atoms with Crippen LogP contribution in [0.25, 0.3) is 0 Å². The van der Waals surface area contributed by atoms with Crippen molar-refractivity contribution >= 4 is 12.0 Å². The Hall–Kier alpha value is -1.83. The number of nitro benzene ring substituents is 1. The fourth-order valence-electron chi connectivity index (χ4n) is 2.10. The van der Waals surface area contributed by atoms with E-state index in [-0.39, 0.29) is 18.8 Å². The third-order valence-corrected chi connectivity index (χ3v) is 3.08. The summed E-state index contributed by atoms with van der Waals surface area (Å²) in [5, 5.41) is 20.5. The molecule has 2 unspecified atom stereocenters. The third-order valence-electron chi connectivity index (χ3n) is 3.08. The second kappa shape index (κ2) is 5.87. The van der Waals surface area contributed by atoms with Crippen molar-refractivity contribution in [3.05, 3.63) is 39.9 Å². The van der Waals surface area contributed by atoms with Gasteiger partial charge in [0.2, 0.25) is 0 Å². The number of carbonyl (C=O) groups excluding carboxylic acids is 1. The summed E-state index contributed by atoms with van der Waals surface area (Å²) in [4.78, 5) is 23.1. The minimum Gasteiger partial charge on any atom is -0.366 e. The van der Waals surface area contributed by atoms with Crippen molar-refractivity contribution in [1.29, 1.82) is 0 Å². The Kier molecular flexibility index (Phi) is 4.20. The molecule has 1 aliphatic heterocycles. The fourth-order valence-corrected chi connectivity index (χ4v) is 2.10. The number of aliphatic hydroxyl groups is 1. The maximum Gasteiger partial charge on any atom is 0.273 e. The number of para-hydroxylation sites is 1. The van der Waals surface area contributed by atoms with Gasteiger partial charge in [-0.2, -0.15) is 0 Å². The molecule has 1 fully saturated rings. The molecule has 1 aromatic rings. The van der Waals surface area contributed by atoms with E-state index in [0.29, 0.717) is 18.4 Å². The topological polar surface area (TPSA) is 92.9 Å². The zero-order valence-corrected chi connectivity index (χ0v) is 10.1. The van der Waals surface area contributed by atoms with Gasteiger partial charge in [-0.1, -0.05) is 18.2 Å². The van der Waals surface area contributed by atoms with Gasteiger partial charge in [0.1, 0.15) is 12.3 Å². The average molecular weight is 266 g/mol. The van der Waals surface area contributed by atoms with Crippen molar-refractivity contribution in [2.45, 2.75) is 18.9 Å². The van der Waals surface area contributed by atoms with Gasteiger partial charge in [-0.15, -0.1) is 0 Å². The summed E-state index contributed by atoms with van der Waals surface area (Å²) in [6, 6.07) is 5.56. The molecular formula is C12H14N2O5. The maximum atomic E-state index is 11.0. The van der Waals surface area contributed by atoms with Crippen molar-refractivity contribution in [1.82, 2.24) is 4.90 Å². The smallest absolute Gasteiger partial charge is 0.273 e. The lowest BCUT2D eigenvalue weighted by molar-refractivity contribution is -0.385. The molecule has 102 valence electrons. The number of hydrogen-bond acceptors (Lipinski definition) is 6. The molecule has 1 heterocycles. The number of hydrogen-bond donors (Lipinski definition) is 1. The lowest BCUT2D eigenvalue weighted by Crippen LogP contribution is -2.51. The summed E-state index contributed by atoms with van der Waals surface area (Å²) >= 11 is 0. The van der Waals surface area contributed by atoms with Crippen molar-refractivity contribution in [3.8, 4) is 0 Å². The highest BCUT2D eigenvalue weighted by Crippen LogP contribution is 2.22. The predicted octanol–water partition coefficient (Wildman–Crippen LogP) is 0.313. The molecule has 1 aliphatic rings. The Morgan fingerprint density at radius 3 is 2.95 bits per heavy atom. The van der Waals surface area contributed by atoms with E-state index in [1.54, 1.807) is 23.1 Å². The van der Waals surface area contributed by atoms with Gasteiger partial charge in [0, 0.05) is 24.7 Å². The number of aliphatic hydroxyl groups excluding tert-OH is 1. The normalized spacial score (nSPS) is 24.1. The minimum atomic E-state index is -1.19. The van der Waals surface area contributed by atoms with E-state index in [1.165, 1.54) is 6.07 Å². The number of aldehydes is 1. The van der Waals surface area contributed by atoms with Crippen molar-refractivity contribution in [3.63, 3.8) is 0 Å². The average Bonchev–Trinajstić information content (AvgIpc) is 2.39. The van der Waals surface area contributed by atoms with Crippen LogP contribution >= 0.6 is 0 Å². The Balaban J connectivity index is 2.20. The molecule has 0 spiro atoms. The summed E-state index contributed by atoms with van der Waals surface area (Å²) in [7, 11) is 0. The summed E-state index contributed by atoms with van der Waals surface area (Å²) in [6.45, 7) is 0.944. The highest BCUT2D eigenvalue weighted by atomic mass is 16.6. The first-order valence-corrected chi connectivity index (χ1v) is 5.85. The molecule has 0 aliphatic carbocycles. The Morgan fingerprint density at radius 1 is 1.53 bits per heavy atom. The number of nitro groups is 1. The molecule has 19 heavy (non-hydrogen) atoms. The van der Waals surface area contributed by atoms with E-state index in [9.17, 15) is 20.0 Å². The van der Waals surface area contributed by atoms with Crippen molar-refractivity contribution < 1.29 is 19.6 Å². The number of morpholine rings is 1. The van der Waals surface area contributed by atoms with Crippen LogP contribution in [0.2, 0.25) is 0 Å². The third kappa shape index (κ3) is 2.95. The van der Waals surface area contributed by atoms with Crippen LogP contribution in [0.3, 0.4) is 0 Å². The van der Waals surface area contributed by atoms with Crippen LogP contribution < -0.4 is 0 Å². The quantitative estimate of drug-likeness (QED) is 0.479. The molecule has 1 N–H and O–H groups in total. The lowest BCUT2D eigenvalue weighted by atomic mass is 10.1. The molecular weight excluding hydrogens is 252 g/mol. The Bertz CT molecular complexity index is 479. The first-order chi connectivity index (χ1) is 9.13. The number of carbonyl (C=O) groups is 1. The van der Waals surface area contributed by atoms with Gasteiger partial charge in [-0.3, -0.25) is 15.0 Å². The Morgan fingerprint density at radius 2 is 2.26 bits per heavy atom. The molecule has 2 rings (SSSR count). The van der Waals surface area contributed by atoms with Gasteiger partial charge in [-0.05, 0) is 0 Å². The van der Waals surface area contributed by atoms with Crippen molar-refractivity contribution in [2.75, 3.05) is 13.2 Å². The number of rotatable bonds is 4. The molecule has 1 aromatic carbocycles. The number of benzene rings is 1. The highest BCUT2D eigenvalue weighted by molar-refractivity contribution is 5.58. The van der Waals surface area contributed by atoms with Gasteiger partial charge in [0.05, 0.1) is 11.5 Å². The molecule has 0 amide bonds. The molecule has 0 saturated carbocycles.